The molecule has 23 heavy (non-hydrogen) atoms. The third kappa shape index (κ3) is 2.81. The van der Waals surface area contributed by atoms with Gasteiger partial charge in [-0.15, -0.1) is 0 Å². The van der Waals surface area contributed by atoms with Crippen molar-refractivity contribution in [1.82, 2.24) is 4.98 Å². The number of aromatic nitrogens is 1. The third-order valence-electron chi connectivity index (χ3n) is 4.37. The number of nitro benzene ring substituents is 1. The Kier molecular flexibility index (Phi) is 3.85. The Hall–Kier alpha value is -2.70. The molecule has 120 valence electrons. The van der Waals surface area contributed by atoms with E-state index in [0.29, 0.717) is 16.6 Å². The van der Waals surface area contributed by atoms with Crippen LogP contribution < -0.4 is 11.1 Å². The molecule has 3 rings (SSSR count). The standard InChI is InChI=1S/C16H18N4O3/c1-9-8-13(19-12-6-2-5-11(12)16(17)21)10-4-3-7-14(20(22)23)15(10)18-9/h3-4,7-8,11-12H,2,5-6H2,1H3,(H2,17,21)(H,18,19)/t11-,12-/m1/s1. The van der Waals surface area contributed by atoms with Crippen molar-refractivity contribution in [2.45, 2.75) is 32.2 Å². The third-order valence-corrected chi connectivity index (χ3v) is 4.37. The molecule has 0 spiro atoms. The maximum Gasteiger partial charge on any atom is 0.295 e. The van der Waals surface area contributed by atoms with Gasteiger partial charge in [-0.05, 0) is 25.8 Å². The SMILES string of the molecule is Cc1cc(N[C@@H]2CCC[C@H]2C(N)=O)c2cccc([N+](=O)[O-])c2n1. The first kappa shape index (κ1) is 15.2. The van der Waals surface area contributed by atoms with E-state index in [9.17, 15) is 14.9 Å². The fourth-order valence-electron chi connectivity index (χ4n) is 3.30. The minimum atomic E-state index is -0.430. The number of carbonyl (C=O) groups is 1. The zero-order chi connectivity index (χ0) is 16.6. The Bertz CT molecular complexity index is 790. The largest absolute Gasteiger partial charge is 0.381 e. The number of nitrogens with one attached hydrogen (secondary N) is 1. The quantitative estimate of drug-likeness (QED) is 0.665. The van der Waals surface area contributed by atoms with Gasteiger partial charge in [-0.25, -0.2) is 4.98 Å². The number of para-hydroxylation sites is 1. The highest BCUT2D eigenvalue weighted by atomic mass is 16.6. The van der Waals surface area contributed by atoms with Crippen LogP contribution in [-0.4, -0.2) is 21.9 Å². The molecule has 7 heteroatoms. The summed E-state index contributed by atoms with van der Waals surface area (Å²) in [6.07, 6.45) is 2.56. The highest BCUT2D eigenvalue weighted by Gasteiger charge is 2.32. The summed E-state index contributed by atoms with van der Waals surface area (Å²) in [6.45, 7) is 1.79. The van der Waals surface area contributed by atoms with E-state index >= 15 is 0 Å². The number of nitro groups is 1. The van der Waals surface area contributed by atoms with Crippen LogP contribution in [0.25, 0.3) is 10.9 Å². The minimum Gasteiger partial charge on any atom is -0.381 e. The number of benzene rings is 1. The first-order valence-corrected chi connectivity index (χ1v) is 7.58. The smallest absolute Gasteiger partial charge is 0.295 e. The molecule has 1 fully saturated rings. The molecule has 1 aromatic carbocycles. The van der Waals surface area contributed by atoms with E-state index in [1.807, 2.05) is 6.07 Å². The number of anilines is 1. The van der Waals surface area contributed by atoms with Crippen LogP contribution in [0.2, 0.25) is 0 Å². The number of carbonyl (C=O) groups excluding carboxylic acids is 1. The molecule has 2 atom stereocenters. The molecule has 3 N–H and O–H groups in total. The van der Waals surface area contributed by atoms with Crippen LogP contribution in [0.4, 0.5) is 11.4 Å². The number of hydrogen-bond donors (Lipinski definition) is 2. The first-order valence-electron chi connectivity index (χ1n) is 7.58. The Morgan fingerprint density at radius 1 is 1.43 bits per heavy atom. The molecule has 1 saturated carbocycles. The lowest BCUT2D eigenvalue weighted by molar-refractivity contribution is -0.383. The number of hydrogen-bond acceptors (Lipinski definition) is 5. The predicted molar refractivity (Wildman–Crippen MR) is 87.1 cm³/mol. The van der Waals surface area contributed by atoms with Gasteiger partial charge in [0.1, 0.15) is 0 Å². The van der Waals surface area contributed by atoms with Crippen molar-refractivity contribution in [3.05, 3.63) is 40.1 Å². The van der Waals surface area contributed by atoms with Crippen LogP contribution in [-0.2, 0) is 4.79 Å². The summed E-state index contributed by atoms with van der Waals surface area (Å²) < 4.78 is 0. The number of nitrogens with two attached hydrogens (primary N) is 1. The van der Waals surface area contributed by atoms with E-state index in [1.54, 1.807) is 19.1 Å². The second-order valence-corrected chi connectivity index (χ2v) is 5.93. The lowest BCUT2D eigenvalue weighted by Gasteiger charge is -2.21. The molecule has 0 unspecified atom stereocenters. The molecule has 1 amide bonds. The Morgan fingerprint density at radius 2 is 2.22 bits per heavy atom. The molecular formula is C16H18N4O3. The molecule has 0 saturated heterocycles. The molecular weight excluding hydrogens is 296 g/mol. The van der Waals surface area contributed by atoms with E-state index in [-0.39, 0.29) is 23.6 Å². The van der Waals surface area contributed by atoms with Crippen LogP contribution in [0.3, 0.4) is 0 Å². The zero-order valence-corrected chi connectivity index (χ0v) is 12.8. The minimum absolute atomic E-state index is 0.0212. The number of pyridine rings is 1. The maximum atomic E-state index is 11.6. The number of aryl methyl sites for hydroxylation is 1. The zero-order valence-electron chi connectivity index (χ0n) is 12.8. The van der Waals surface area contributed by atoms with Gasteiger partial charge < -0.3 is 11.1 Å². The average molecular weight is 314 g/mol. The summed E-state index contributed by atoms with van der Waals surface area (Å²) in [6, 6.07) is 6.69. The lowest BCUT2D eigenvalue weighted by Crippen LogP contribution is -2.34. The number of non-ortho nitro benzene ring substituents is 1. The Morgan fingerprint density at radius 3 is 2.91 bits per heavy atom. The fourth-order valence-corrected chi connectivity index (χ4v) is 3.30. The van der Waals surface area contributed by atoms with Crippen LogP contribution in [0.15, 0.2) is 24.3 Å². The normalized spacial score (nSPS) is 20.6. The van der Waals surface area contributed by atoms with Crippen molar-refractivity contribution in [2.75, 3.05) is 5.32 Å². The number of amides is 1. The second-order valence-electron chi connectivity index (χ2n) is 5.93. The van der Waals surface area contributed by atoms with Gasteiger partial charge in [-0.1, -0.05) is 18.6 Å². The molecule has 2 aromatic rings. The molecule has 1 aromatic heterocycles. The van der Waals surface area contributed by atoms with Gasteiger partial charge in [0.2, 0.25) is 5.91 Å². The summed E-state index contributed by atoms with van der Waals surface area (Å²) in [5.74, 6) is -0.515. The molecule has 0 radical (unpaired) electrons. The van der Waals surface area contributed by atoms with Gasteiger partial charge in [0.15, 0.2) is 5.52 Å². The van der Waals surface area contributed by atoms with Crippen LogP contribution in [0.5, 0.6) is 0 Å². The lowest BCUT2D eigenvalue weighted by atomic mass is 10.0. The van der Waals surface area contributed by atoms with Gasteiger partial charge in [0.05, 0.1) is 10.8 Å². The number of primary amides is 1. The maximum absolute atomic E-state index is 11.6. The molecule has 0 bridgehead atoms. The number of nitrogens with zero attached hydrogens (tertiary/aromatic N) is 2. The molecule has 1 aliphatic carbocycles. The Balaban J connectivity index is 2.06. The summed E-state index contributed by atoms with van der Waals surface area (Å²) in [4.78, 5) is 26.6. The topological polar surface area (TPSA) is 111 Å². The van der Waals surface area contributed by atoms with Gasteiger partial charge in [0, 0.05) is 28.9 Å². The fraction of sp³-hybridized carbons (Fsp3) is 0.375. The number of rotatable bonds is 4. The summed E-state index contributed by atoms with van der Waals surface area (Å²) in [5.41, 5.74) is 7.24. The highest BCUT2D eigenvalue weighted by Crippen LogP contribution is 2.33. The van der Waals surface area contributed by atoms with E-state index < -0.39 is 4.92 Å². The predicted octanol–water partition coefficient (Wildman–Crippen LogP) is 2.52. The van der Waals surface area contributed by atoms with Crippen molar-refractivity contribution in [3.8, 4) is 0 Å². The summed E-state index contributed by atoms with van der Waals surface area (Å²) in [5, 5.41) is 15.2. The highest BCUT2D eigenvalue weighted by molar-refractivity contribution is 5.97. The second kappa shape index (κ2) is 5.83. The van der Waals surface area contributed by atoms with Crippen molar-refractivity contribution >= 4 is 28.2 Å². The van der Waals surface area contributed by atoms with Crippen molar-refractivity contribution in [3.63, 3.8) is 0 Å². The van der Waals surface area contributed by atoms with E-state index in [4.69, 9.17) is 5.73 Å². The van der Waals surface area contributed by atoms with E-state index in [2.05, 4.69) is 10.3 Å². The average Bonchev–Trinajstić information content (AvgIpc) is 2.94. The Labute approximate surface area is 133 Å². The molecule has 0 aliphatic heterocycles. The summed E-state index contributed by atoms with van der Waals surface area (Å²) >= 11 is 0. The van der Waals surface area contributed by atoms with E-state index in [1.165, 1.54) is 6.07 Å². The summed E-state index contributed by atoms with van der Waals surface area (Å²) in [7, 11) is 0. The van der Waals surface area contributed by atoms with Gasteiger partial charge >= 0.3 is 0 Å². The van der Waals surface area contributed by atoms with Crippen LogP contribution >= 0.6 is 0 Å². The first-order chi connectivity index (χ1) is 11.0. The van der Waals surface area contributed by atoms with Crippen LogP contribution in [0, 0.1) is 23.0 Å². The monoisotopic (exact) mass is 314 g/mol. The van der Waals surface area contributed by atoms with Gasteiger partial charge in [0.25, 0.3) is 5.69 Å². The van der Waals surface area contributed by atoms with Crippen molar-refractivity contribution in [2.24, 2.45) is 11.7 Å². The van der Waals surface area contributed by atoms with Gasteiger partial charge in [-0.2, -0.15) is 0 Å². The molecule has 1 heterocycles. The van der Waals surface area contributed by atoms with E-state index in [0.717, 1.165) is 24.9 Å². The number of fused-ring (bicyclic) bond motifs is 1. The van der Waals surface area contributed by atoms with Crippen molar-refractivity contribution in [1.29, 1.82) is 0 Å². The van der Waals surface area contributed by atoms with Gasteiger partial charge in [-0.3, -0.25) is 14.9 Å². The molecule has 1 aliphatic rings. The van der Waals surface area contributed by atoms with Crippen molar-refractivity contribution < 1.29 is 9.72 Å². The van der Waals surface area contributed by atoms with Crippen LogP contribution in [0.1, 0.15) is 25.0 Å². The molecule has 7 nitrogen and oxygen atoms in total.